The molecule has 2 aromatic heterocycles. The predicted molar refractivity (Wildman–Crippen MR) is 275 cm³/mol. The molecule has 65 heavy (non-hydrogen) atoms. The number of benzene rings is 9. The maximum absolute atomic E-state index is 6.26. The molecule has 0 aliphatic heterocycles. The molecular formula is C62H44N2O. The Labute approximate surface area is 378 Å². The van der Waals surface area contributed by atoms with Gasteiger partial charge in [-0.1, -0.05) is 164 Å². The summed E-state index contributed by atoms with van der Waals surface area (Å²) in [5.74, 6) is 0. The van der Waals surface area contributed by atoms with Crippen LogP contribution in [0.2, 0.25) is 0 Å². The van der Waals surface area contributed by atoms with E-state index in [0.717, 1.165) is 78.7 Å². The minimum Gasteiger partial charge on any atom is -0.456 e. The minimum atomic E-state index is 0.859. The molecule has 0 saturated carbocycles. The first-order valence-corrected chi connectivity index (χ1v) is 22.3. The van der Waals surface area contributed by atoms with Gasteiger partial charge in [0.25, 0.3) is 0 Å². The van der Waals surface area contributed by atoms with Gasteiger partial charge in [-0.3, -0.25) is 0 Å². The van der Waals surface area contributed by atoms with E-state index in [9.17, 15) is 0 Å². The van der Waals surface area contributed by atoms with Crippen molar-refractivity contribution < 1.29 is 4.42 Å². The average molecular weight is 833 g/mol. The number of anilines is 3. The van der Waals surface area contributed by atoms with Crippen LogP contribution in [0, 0.1) is 0 Å². The molecule has 1 N–H and O–H groups in total. The molecule has 0 atom stereocenters. The molecule has 1 aliphatic carbocycles. The highest BCUT2D eigenvalue weighted by molar-refractivity contribution is 6.13. The number of aromatic amines is 1. The molecule has 0 radical (unpaired) electrons. The van der Waals surface area contributed by atoms with Crippen molar-refractivity contribution in [3.05, 3.63) is 247 Å². The number of hydrogen-bond acceptors (Lipinski definition) is 2. The second-order valence-electron chi connectivity index (χ2n) is 16.9. The van der Waals surface area contributed by atoms with E-state index in [0.29, 0.717) is 0 Å². The first-order valence-electron chi connectivity index (χ1n) is 22.3. The van der Waals surface area contributed by atoms with Crippen LogP contribution in [0.4, 0.5) is 17.1 Å². The van der Waals surface area contributed by atoms with Crippen LogP contribution in [-0.2, 0) is 6.42 Å². The van der Waals surface area contributed by atoms with Gasteiger partial charge in [0.05, 0.1) is 5.52 Å². The highest BCUT2D eigenvalue weighted by Crippen LogP contribution is 2.44. The standard InChI is InChI=1S/C62H44N2O/c1-3-40(36-41(4-2)54-19-12-20-56-55-16-8-10-21-58(55)63-62(54)56)45-28-34-51-46(37-45)38-47-39-50(33-35-52(47)51)64(48-29-24-43(25-30-48)42-14-6-5-7-15-42)49-31-26-44(27-32-49)53-18-13-23-60-61(53)57-17-9-11-22-59(57)65-60/h3-37,39,63H,2,38H2,1H3/b40-3+,41-36+. The lowest BCUT2D eigenvalue weighted by atomic mass is 9.95. The fourth-order valence-electron chi connectivity index (χ4n) is 10.1. The molecule has 1 aliphatic rings. The molecule has 0 saturated heterocycles. The van der Waals surface area contributed by atoms with E-state index in [2.05, 4.69) is 224 Å². The fourth-order valence-corrected chi connectivity index (χ4v) is 10.1. The van der Waals surface area contributed by atoms with E-state index in [4.69, 9.17) is 4.42 Å². The van der Waals surface area contributed by atoms with E-state index in [1.54, 1.807) is 0 Å². The van der Waals surface area contributed by atoms with Crippen LogP contribution in [0.1, 0.15) is 29.2 Å². The van der Waals surface area contributed by atoms with Crippen LogP contribution in [0.15, 0.2) is 229 Å². The Hall–Kier alpha value is -8.40. The van der Waals surface area contributed by atoms with E-state index < -0.39 is 0 Å². The largest absolute Gasteiger partial charge is 0.456 e. The number of allylic oxidation sites excluding steroid dienone is 5. The molecule has 0 fully saturated rings. The van der Waals surface area contributed by atoms with Crippen molar-refractivity contribution in [1.29, 1.82) is 0 Å². The molecule has 9 aromatic carbocycles. The van der Waals surface area contributed by atoms with Gasteiger partial charge in [-0.15, -0.1) is 0 Å². The van der Waals surface area contributed by atoms with Crippen molar-refractivity contribution in [2.45, 2.75) is 13.3 Å². The maximum atomic E-state index is 6.26. The van der Waals surface area contributed by atoms with Crippen molar-refractivity contribution in [2.75, 3.05) is 4.90 Å². The zero-order chi connectivity index (χ0) is 43.4. The zero-order valence-electron chi connectivity index (χ0n) is 36.1. The normalized spacial score (nSPS) is 12.6. The number of nitrogens with one attached hydrogen (secondary N) is 1. The van der Waals surface area contributed by atoms with Crippen LogP contribution >= 0.6 is 0 Å². The lowest BCUT2D eigenvalue weighted by Crippen LogP contribution is -2.10. The lowest BCUT2D eigenvalue weighted by Gasteiger charge is -2.26. The minimum absolute atomic E-state index is 0.859. The van der Waals surface area contributed by atoms with Crippen molar-refractivity contribution >= 4 is 72.0 Å². The number of hydrogen-bond donors (Lipinski definition) is 1. The van der Waals surface area contributed by atoms with Crippen molar-refractivity contribution in [1.82, 2.24) is 4.98 Å². The second kappa shape index (κ2) is 15.7. The summed E-state index contributed by atoms with van der Waals surface area (Å²) in [6.45, 7) is 6.39. The van der Waals surface area contributed by atoms with Crippen LogP contribution in [-0.4, -0.2) is 4.98 Å². The van der Waals surface area contributed by atoms with Crippen LogP contribution in [0.5, 0.6) is 0 Å². The SMILES string of the molecule is C=C/C(=C\C(=C/C)c1ccc2c(c1)Cc1cc(N(c3ccc(-c4ccccc4)cc3)c3ccc(-c4cccc5oc6ccccc6c45)cc3)ccc1-2)c1cccc2c1[nH]c1ccccc12. The van der Waals surface area contributed by atoms with Gasteiger partial charge in [-0.25, -0.2) is 0 Å². The summed E-state index contributed by atoms with van der Waals surface area (Å²) < 4.78 is 6.26. The van der Waals surface area contributed by atoms with Gasteiger partial charge in [0.15, 0.2) is 0 Å². The lowest BCUT2D eigenvalue weighted by molar-refractivity contribution is 0.669. The van der Waals surface area contributed by atoms with E-state index in [-0.39, 0.29) is 0 Å². The average Bonchev–Trinajstić information content (AvgIpc) is 4.06. The van der Waals surface area contributed by atoms with E-state index in [1.807, 2.05) is 18.2 Å². The number of nitrogens with zero attached hydrogens (tertiary/aromatic N) is 1. The van der Waals surface area contributed by atoms with Crippen LogP contribution < -0.4 is 4.90 Å². The number of para-hydroxylation sites is 3. The summed E-state index contributed by atoms with van der Waals surface area (Å²) in [6.07, 6.45) is 7.32. The van der Waals surface area contributed by atoms with E-state index in [1.165, 1.54) is 55.3 Å². The number of furan rings is 1. The van der Waals surface area contributed by atoms with Gasteiger partial charge in [-0.05, 0) is 135 Å². The van der Waals surface area contributed by atoms with Crippen LogP contribution in [0.3, 0.4) is 0 Å². The molecule has 0 bridgehead atoms. The molecule has 11 aromatic rings. The summed E-state index contributed by atoms with van der Waals surface area (Å²) in [7, 11) is 0. The van der Waals surface area contributed by atoms with Gasteiger partial charge in [0.1, 0.15) is 11.2 Å². The highest BCUT2D eigenvalue weighted by Gasteiger charge is 2.23. The summed E-state index contributed by atoms with van der Waals surface area (Å²) in [6, 6.07) is 72.1. The molecule has 0 amide bonds. The van der Waals surface area contributed by atoms with Gasteiger partial charge >= 0.3 is 0 Å². The monoisotopic (exact) mass is 832 g/mol. The first kappa shape index (κ1) is 38.3. The quantitative estimate of drug-likeness (QED) is 0.147. The fraction of sp³-hybridized carbons (Fsp3) is 0.0323. The topological polar surface area (TPSA) is 32.2 Å². The first-order chi connectivity index (χ1) is 32.1. The van der Waals surface area contributed by atoms with Crippen LogP contribution in [0.25, 0.3) is 88.3 Å². The molecule has 3 nitrogen and oxygen atoms in total. The predicted octanol–water partition coefficient (Wildman–Crippen LogP) is 17.3. The summed E-state index contributed by atoms with van der Waals surface area (Å²) in [4.78, 5) is 6.07. The van der Waals surface area contributed by atoms with Crippen molar-refractivity contribution in [3.8, 4) is 33.4 Å². The summed E-state index contributed by atoms with van der Waals surface area (Å²) >= 11 is 0. The Kier molecular flexibility index (Phi) is 9.28. The Morgan fingerprint density at radius 2 is 1.15 bits per heavy atom. The van der Waals surface area contributed by atoms with Crippen molar-refractivity contribution in [3.63, 3.8) is 0 Å². The summed E-state index contributed by atoms with van der Waals surface area (Å²) in [5.41, 5.74) is 21.9. The zero-order valence-corrected chi connectivity index (χ0v) is 36.1. The number of rotatable bonds is 9. The Bertz CT molecular complexity index is 3690. The molecule has 3 heteroatoms. The Morgan fingerprint density at radius 1 is 0.523 bits per heavy atom. The molecule has 12 rings (SSSR count). The number of aromatic nitrogens is 1. The van der Waals surface area contributed by atoms with Gasteiger partial charge < -0.3 is 14.3 Å². The second-order valence-corrected chi connectivity index (χ2v) is 16.9. The Morgan fingerprint density at radius 3 is 1.94 bits per heavy atom. The Balaban J connectivity index is 0.890. The molecule has 2 heterocycles. The maximum Gasteiger partial charge on any atom is 0.136 e. The van der Waals surface area contributed by atoms with Gasteiger partial charge in [-0.2, -0.15) is 0 Å². The smallest absolute Gasteiger partial charge is 0.136 e. The summed E-state index contributed by atoms with van der Waals surface area (Å²) in [5, 5.41) is 4.73. The third-order valence-corrected chi connectivity index (χ3v) is 13.2. The highest BCUT2D eigenvalue weighted by atomic mass is 16.3. The molecule has 0 unspecified atom stereocenters. The third kappa shape index (κ3) is 6.60. The van der Waals surface area contributed by atoms with Crippen molar-refractivity contribution in [2.24, 2.45) is 0 Å². The van der Waals surface area contributed by atoms with Gasteiger partial charge in [0.2, 0.25) is 0 Å². The molecule has 0 spiro atoms. The van der Waals surface area contributed by atoms with E-state index >= 15 is 0 Å². The molecular weight excluding hydrogens is 789 g/mol. The molecule has 308 valence electrons. The number of fused-ring (bicyclic) bond motifs is 9. The van der Waals surface area contributed by atoms with Gasteiger partial charge in [0, 0.05) is 49.7 Å². The third-order valence-electron chi connectivity index (χ3n) is 13.2. The number of H-pyrrole nitrogens is 1.